The second kappa shape index (κ2) is 7.29. The minimum absolute atomic E-state index is 0.904. The zero-order valence-electron chi connectivity index (χ0n) is 15.1. The van der Waals surface area contributed by atoms with Crippen molar-refractivity contribution >= 4 is 23.7 Å². The number of aliphatic carboxylic acids is 1. The van der Waals surface area contributed by atoms with Crippen LogP contribution >= 0.6 is 0 Å². The lowest BCUT2D eigenvalue weighted by molar-refractivity contribution is -0.197. The molecule has 0 saturated carbocycles. The van der Waals surface area contributed by atoms with E-state index in [0.29, 0.717) is 0 Å². The number of carbonyl (C=O) groups excluding carboxylic acids is 3. The van der Waals surface area contributed by atoms with Gasteiger partial charge in [-0.15, -0.1) is 0 Å². The molecule has 24 heavy (non-hydrogen) atoms. The molecule has 8 nitrogen and oxygen atoms in total. The van der Waals surface area contributed by atoms with Crippen molar-refractivity contribution in [2.24, 2.45) is 5.92 Å². The van der Waals surface area contributed by atoms with Crippen LogP contribution < -0.4 is 0 Å². The van der Waals surface area contributed by atoms with E-state index in [1.165, 1.54) is 41.5 Å². The Hall–Kier alpha value is -1.96. The van der Waals surface area contributed by atoms with Crippen LogP contribution in [0.5, 0.6) is 0 Å². The number of rotatable bonds is 6. The van der Waals surface area contributed by atoms with Gasteiger partial charge in [0.1, 0.15) is 17.0 Å². The summed E-state index contributed by atoms with van der Waals surface area (Å²) >= 11 is 0. The summed E-state index contributed by atoms with van der Waals surface area (Å²) in [5.74, 6) is -7.05. The van der Waals surface area contributed by atoms with Gasteiger partial charge < -0.3 is 19.7 Å². The minimum Gasteiger partial charge on any atom is -0.481 e. The Morgan fingerprint density at radius 3 is 1.62 bits per heavy atom. The van der Waals surface area contributed by atoms with Gasteiger partial charge in [0.25, 0.3) is 0 Å². The van der Waals surface area contributed by atoms with Gasteiger partial charge >= 0.3 is 17.9 Å². The summed E-state index contributed by atoms with van der Waals surface area (Å²) in [7, 11) is 0. The molecule has 0 heterocycles. The standard InChI is InChI=1S/C16H26O8/c1-9(17)11(12(20)23-14(2,3)4)16(22,8-10(18)19)13(21)24-15(5,6)7/h11,22H,8H2,1-7H3,(H,18,19). The molecule has 0 spiro atoms. The monoisotopic (exact) mass is 346 g/mol. The van der Waals surface area contributed by atoms with Crippen LogP contribution in [0.1, 0.15) is 54.9 Å². The first-order chi connectivity index (χ1) is 10.5. The maximum Gasteiger partial charge on any atom is 0.340 e. The van der Waals surface area contributed by atoms with Crippen LogP contribution in [-0.4, -0.2) is 50.7 Å². The van der Waals surface area contributed by atoms with Crippen LogP contribution in [0.2, 0.25) is 0 Å². The Kier molecular flexibility index (Phi) is 6.70. The molecule has 138 valence electrons. The molecule has 0 saturated heterocycles. The summed E-state index contributed by atoms with van der Waals surface area (Å²) in [6.45, 7) is 10.1. The SMILES string of the molecule is CC(=O)C(C(=O)OC(C)(C)C)C(O)(CC(=O)O)C(=O)OC(C)(C)C. The van der Waals surface area contributed by atoms with E-state index in [2.05, 4.69) is 0 Å². The number of Topliss-reactive ketones (excluding diaryl/α,β-unsaturated/α-hetero) is 1. The number of hydrogen-bond donors (Lipinski definition) is 2. The van der Waals surface area contributed by atoms with Crippen molar-refractivity contribution in [2.45, 2.75) is 71.7 Å². The van der Waals surface area contributed by atoms with Gasteiger partial charge in [-0.1, -0.05) is 0 Å². The molecule has 0 rings (SSSR count). The highest BCUT2D eigenvalue weighted by Gasteiger charge is 2.55. The first-order valence-electron chi connectivity index (χ1n) is 7.40. The summed E-state index contributed by atoms with van der Waals surface area (Å²) in [5.41, 5.74) is -4.92. The molecule has 0 aromatic carbocycles. The molecule has 2 atom stereocenters. The number of hydrogen-bond acceptors (Lipinski definition) is 7. The lowest BCUT2D eigenvalue weighted by Crippen LogP contribution is -2.56. The summed E-state index contributed by atoms with van der Waals surface area (Å²) in [6.07, 6.45) is -1.18. The van der Waals surface area contributed by atoms with Gasteiger partial charge in [-0.25, -0.2) is 4.79 Å². The number of ether oxygens (including phenoxy) is 2. The molecular formula is C16H26O8. The lowest BCUT2D eigenvalue weighted by Gasteiger charge is -2.34. The van der Waals surface area contributed by atoms with E-state index in [1.807, 2.05) is 0 Å². The molecular weight excluding hydrogens is 320 g/mol. The third-order valence-corrected chi connectivity index (χ3v) is 2.70. The van der Waals surface area contributed by atoms with E-state index >= 15 is 0 Å². The topological polar surface area (TPSA) is 127 Å². The van der Waals surface area contributed by atoms with Crippen molar-refractivity contribution in [3.63, 3.8) is 0 Å². The predicted octanol–water partition coefficient (Wildman–Crippen LogP) is 1.08. The number of carboxylic acids is 1. The zero-order valence-corrected chi connectivity index (χ0v) is 15.1. The van der Waals surface area contributed by atoms with E-state index < -0.39 is 52.8 Å². The van der Waals surface area contributed by atoms with E-state index in [-0.39, 0.29) is 0 Å². The number of ketones is 1. The van der Waals surface area contributed by atoms with Gasteiger partial charge in [-0.05, 0) is 48.5 Å². The van der Waals surface area contributed by atoms with Crippen molar-refractivity contribution in [3.8, 4) is 0 Å². The molecule has 2 N–H and O–H groups in total. The van der Waals surface area contributed by atoms with Crippen molar-refractivity contribution in [1.29, 1.82) is 0 Å². The smallest absolute Gasteiger partial charge is 0.340 e. The van der Waals surface area contributed by atoms with Crippen LogP contribution in [-0.2, 0) is 28.7 Å². The van der Waals surface area contributed by atoms with Crippen LogP contribution in [0.3, 0.4) is 0 Å². The largest absolute Gasteiger partial charge is 0.481 e. The Morgan fingerprint density at radius 2 is 1.33 bits per heavy atom. The quantitative estimate of drug-likeness (QED) is 0.540. The summed E-state index contributed by atoms with van der Waals surface area (Å²) in [4.78, 5) is 47.6. The number of carboxylic acid groups (broad SMARTS) is 1. The normalized spacial score (nSPS) is 15.8. The van der Waals surface area contributed by atoms with Crippen molar-refractivity contribution in [3.05, 3.63) is 0 Å². The fraction of sp³-hybridized carbons (Fsp3) is 0.750. The molecule has 0 aliphatic heterocycles. The Morgan fingerprint density at radius 1 is 0.917 bits per heavy atom. The van der Waals surface area contributed by atoms with Crippen LogP contribution in [0, 0.1) is 5.92 Å². The summed E-state index contributed by atoms with van der Waals surface area (Å²) < 4.78 is 10.1. The highest BCUT2D eigenvalue weighted by atomic mass is 16.6. The molecule has 0 radical (unpaired) electrons. The fourth-order valence-electron chi connectivity index (χ4n) is 1.95. The Balaban J connectivity index is 5.96. The van der Waals surface area contributed by atoms with Crippen molar-refractivity contribution in [2.75, 3.05) is 0 Å². The van der Waals surface area contributed by atoms with E-state index in [1.54, 1.807) is 0 Å². The predicted molar refractivity (Wildman–Crippen MR) is 83.1 cm³/mol. The number of carbonyl (C=O) groups is 4. The molecule has 0 fully saturated rings. The lowest BCUT2D eigenvalue weighted by atomic mass is 9.81. The first-order valence-corrected chi connectivity index (χ1v) is 7.40. The van der Waals surface area contributed by atoms with E-state index in [4.69, 9.17) is 14.6 Å². The molecule has 0 aliphatic carbocycles. The molecule has 0 bridgehead atoms. The molecule has 0 aliphatic rings. The van der Waals surface area contributed by atoms with Gasteiger partial charge in [-0.3, -0.25) is 14.4 Å². The van der Waals surface area contributed by atoms with Crippen LogP contribution in [0.25, 0.3) is 0 Å². The molecule has 8 heteroatoms. The summed E-state index contributed by atoms with van der Waals surface area (Å²) in [5, 5.41) is 19.6. The second-order valence-corrected chi connectivity index (χ2v) is 7.57. The highest BCUT2D eigenvalue weighted by Crippen LogP contribution is 2.29. The highest BCUT2D eigenvalue weighted by molar-refractivity contribution is 6.05. The second-order valence-electron chi connectivity index (χ2n) is 7.57. The average Bonchev–Trinajstić information content (AvgIpc) is 2.21. The van der Waals surface area contributed by atoms with Crippen molar-refractivity contribution in [1.82, 2.24) is 0 Å². The fourth-order valence-corrected chi connectivity index (χ4v) is 1.95. The minimum atomic E-state index is -2.87. The Labute approximate surface area is 141 Å². The van der Waals surface area contributed by atoms with E-state index in [0.717, 1.165) is 6.92 Å². The maximum atomic E-state index is 12.3. The van der Waals surface area contributed by atoms with Gasteiger partial charge in [0.15, 0.2) is 11.5 Å². The van der Waals surface area contributed by atoms with Gasteiger partial charge in [0.2, 0.25) is 0 Å². The Bertz CT molecular complexity index is 523. The molecule has 2 unspecified atom stereocenters. The maximum absolute atomic E-state index is 12.3. The van der Waals surface area contributed by atoms with Crippen LogP contribution in [0.15, 0.2) is 0 Å². The summed E-state index contributed by atoms with van der Waals surface area (Å²) in [6, 6.07) is 0. The molecule has 0 amide bonds. The van der Waals surface area contributed by atoms with Gasteiger partial charge in [0, 0.05) is 0 Å². The van der Waals surface area contributed by atoms with Crippen LogP contribution in [0.4, 0.5) is 0 Å². The first kappa shape index (κ1) is 22.0. The zero-order chi connectivity index (χ0) is 19.5. The third kappa shape index (κ3) is 6.66. The van der Waals surface area contributed by atoms with Gasteiger partial charge in [-0.2, -0.15) is 0 Å². The van der Waals surface area contributed by atoms with E-state index in [9.17, 15) is 24.3 Å². The number of aliphatic hydroxyl groups is 1. The number of esters is 2. The average molecular weight is 346 g/mol. The molecule has 0 aromatic rings. The van der Waals surface area contributed by atoms with Gasteiger partial charge in [0.05, 0.1) is 6.42 Å². The molecule has 0 aromatic heterocycles. The van der Waals surface area contributed by atoms with Crippen molar-refractivity contribution < 1.29 is 38.9 Å². The third-order valence-electron chi connectivity index (χ3n) is 2.70.